The van der Waals surface area contributed by atoms with Crippen LogP contribution in [0.5, 0.6) is 0 Å². The van der Waals surface area contributed by atoms with Crippen LogP contribution in [0.25, 0.3) is 0 Å². The van der Waals surface area contributed by atoms with Crippen LogP contribution in [0.15, 0.2) is 47.6 Å². The molecule has 5 fully saturated rings. The third kappa shape index (κ3) is 6.41. The summed E-state index contributed by atoms with van der Waals surface area (Å²) in [5.74, 6) is -0.829. The van der Waals surface area contributed by atoms with Crippen molar-refractivity contribution in [2.24, 2.45) is 11.8 Å². The number of hydrogen-bond acceptors (Lipinski definition) is 8. The number of nitrogens with one attached hydrogen (secondary N) is 2. The largest absolute Gasteiger partial charge is 0.455 e. The van der Waals surface area contributed by atoms with E-state index in [1.807, 2.05) is 0 Å². The highest BCUT2D eigenvalue weighted by molar-refractivity contribution is 5.91. The fourth-order valence-corrected chi connectivity index (χ4v) is 8.28. The average molecular weight is 665 g/mol. The number of piperazine rings is 1. The summed E-state index contributed by atoms with van der Waals surface area (Å²) in [6.45, 7) is 14.7. The zero-order valence-corrected chi connectivity index (χ0v) is 28.1. The Labute approximate surface area is 281 Å². The molecule has 8 atom stereocenters. The van der Waals surface area contributed by atoms with Gasteiger partial charge in [0.2, 0.25) is 0 Å². The SMILES string of the molecule is C=C1C(=O)O[C@H]2C1CC/C(CNC(=O)N1CCN(C(=O)NC/C3=C/CC[C@@]4(C)O[C@H]4[C@H]4OC(=O)C(=C)C4CC3)CC1)=C\CC[C@@]1(C)O[C@@H]21. The third-order valence-corrected chi connectivity index (χ3v) is 11.7. The van der Waals surface area contributed by atoms with Crippen molar-refractivity contribution in [1.29, 1.82) is 0 Å². The van der Waals surface area contributed by atoms with Gasteiger partial charge in [-0.3, -0.25) is 0 Å². The number of epoxide rings is 2. The lowest BCUT2D eigenvalue weighted by Crippen LogP contribution is -2.55. The van der Waals surface area contributed by atoms with Crippen LogP contribution in [0, 0.1) is 11.8 Å². The quantitative estimate of drug-likeness (QED) is 0.201. The Kier molecular flexibility index (Phi) is 8.68. The molecule has 48 heavy (non-hydrogen) atoms. The smallest absolute Gasteiger partial charge is 0.334 e. The lowest BCUT2D eigenvalue weighted by atomic mass is 9.84. The molecule has 5 heterocycles. The van der Waals surface area contributed by atoms with Crippen molar-refractivity contribution in [1.82, 2.24) is 20.4 Å². The molecule has 260 valence electrons. The molecule has 2 aliphatic carbocycles. The summed E-state index contributed by atoms with van der Waals surface area (Å²) in [5, 5.41) is 6.15. The minimum atomic E-state index is -0.333. The molecule has 0 aromatic heterocycles. The molecule has 5 saturated heterocycles. The molecule has 0 aromatic rings. The minimum absolute atomic E-state index is 0.0809. The van der Waals surface area contributed by atoms with Crippen LogP contribution in [-0.2, 0) is 28.5 Å². The number of urea groups is 2. The molecule has 0 aromatic carbocycles. The van der Waals surface area contributed by atoms with Gasteiger partial charge in [-0.05, 0) is 65.2 Å². The zero-order valence-electron chi connectivity index (χ0n) is 28.1. The molecule has 7 aliphatic rings. The first-order valence-corrected chi connectivity index (χ1v) is 17.5. The molecule has 2 unspecified atom stereocenters. The lowest BCUT2D eigenvalue weighted by molar-refractivity contribution is -0.140. The number of fused-ring (bicyclic) bond motifs is 6. The van der Waals surface area contributed by atoms with Crippen molar-refractivity contribution in [3.05, 3.63) is 47.6 Å². The Morgan fingerprint density at radius 2 is 1.15 bits per heavy atom. The molecular weight excluding hydrogens is 616 g/mol. The van der Waals surface area contributed by atoms with Crippen molar-refractivity contribution in [3.63, 3.8) is 0 Å². The van der Waals surface area contributed by atoms with E-state index in [9.17, 15) is 19.2 Å². The van der Waals surface area contributed by atoms with Crippen molar-refractivity contribution in [3.8, 4) is 0 Å². The predicted molar refractivity (Wildman–Crippen MR) is 175 cm³/mol. The predicted octanol–water partition coefficient (Wildman–Crippen LogP) is 3.53. The lowest BCUT2D eigenvalue weighted by Gasteiger charge is -2.35. The van der Waals surface area contributed by atoms with E-state index in [2.05, 4.69) is 49.8 Å². The molecular formula is C36H48N4O8. The van der Waals surface area contributed by atoms with Gasteiger partial charge >= 0.3 is 24.0 Å². The Bertz CT molecular complexity index is 1360. The number of nitrogens with zero attached hydrogens (tertiary/aromatic N) is 2. The van der Waals surface area contributed by atoms with Crippen LogP contribution < -0.4 is 10.6 Å². The summed E-state index contributed by atoms with van der Waals surface area (Å²) in [6, 6.07) is -0.299. The molecule has 12 heteroatoms. The van der Waals surface area contributed by atoms with Gasteiger partial charge in [0.1, 0.15) is 24.4 Å². The molecule has 0 bridgehead atoms. The van der Waals surface area contributed by atoms with E-state index in [-0.39, 0.29) is 71.5 Å². The maximum atomic E-state index is 13.1. The van der Waals surface area contributed by atoms with Crippen LogP contribution in [0.2, 0.25) is 0 Å². The van der Waals surface area contributed by atoms with Gasteiger partial charge in [0.05, 0.1) is 11.2 Å². The van der Waals surface area contributed by atoms with Crippen LogP contribution in [0.3, 0.4) is 0 Å². The van der Waals surface area contributed by atoms with Gasteiger partial charge in [0, 0.05) is 62.3 Å². The summed E-state index contributed by atoms with van der Waals surface area (Å²) < 4.78 is 23.3. The Balaban J connectivity index is 0.864. The molecule has 2 N–H and O–H groups in total. The number of esters is 2. The molecule has 5 aliphatic heterocycles. The van der Waals surface area contributed by atoms with E-state index in [1.54, 1.807) is 9.80 Å². The van der Waals surface area contributed by atoms with Gasteiger partial charge in [-0.2, -0.15) is 0 Å². The highest BCUT2D eigenvalue weighted by atomic mass is 16.7. The third-order valence-electron chi connectivity index (χ3n) is 11.7. The maximum absolute atomic E-state index is 13.1. The average Bonchev–Trinajstić information content (AvgIpc) is 3.88. The Hall–Kier alpha value is -3.64. The number of allylic oxidation sites excluding steroid dienone is 2. The van der Waals surface area contributed by atoms with Gasteiger partial charge in [-0.25, -0.2) is 19.2 Å². The summed E-state index contributed by atoms with van der Waals surface area (Å²) in [7, 11) is 0. The highest BCUT2D eigenvalue weighted by Gasteiger charge is 2.62. The van der Waals surface area contributed by atoms with Crippen LogP contribution >= 0.6 is 0 Å². The van der Waals surface area contributed by atoms with E-state index in [0.717, 1.165) is 62.5 Å². The summed E-state index contributed by atoms with van der Waals surface area (Å²) in [4.78, 5) is 54.3. The molecule has 7 rings (SSSR count). The van der Waals surface area contributed by atoms with Gasteiger partial charge < -0.3 is 39.4 Å². The topological polar surface area (TPSA) is 142 Å². The van der Waals surface area contributed by atoms with E-state index in [0.29, 0.717) is 50.4 Å². The number of hydrogen-bond donors (Lipinski definition) is 2. The van der Waals surface area contributed by atoms with Crippen molar-refractivity contribution in [2.75, 3.05) is 39.3 Å². The van der Waals surface area contributed by atoms with Crippen LogP contribution in [0.4, 0.5) is 9.59 Å². The number of amides is 4. The van der Waals surface area contributed by atoms with Gasteiger partial charge in [-0.1, -0.05) is 36.5 Å². The summed E-state index contributed by atoms with van der Waals surface area (Å²) in [6.07, 6.45) is 9.86. The minimum Gasteiger partial charge on any atom is -0.455 e. The Morgan fingerprint density at radius 1 is 0.750 bits per heavy atom. The number of carbonyl (C=O) groups excluding carboxylic acids is 4. The number of rotatable bonds is 4. The van der Waals surface area contributed by atoms with Crippen molar-refractivity contribution >= 4 is 24.0 Å². The standard InChI is InChI=1S/C36H48N4O8/c1-21-25-11-9-23(7-5-13-35(3)29(47-35)27(25)45-31(21)41)19-37-33(43)39-15-17-40(18-16-39)34(44)38-20-24-8-6-14-36(4)30(48-36)28-26(12-10-24)22(2)32(42)46-28/h7-8,25-30H,1-2,5-6,9-20H2,3-4H3,(H,37,43)(H,38,44)/b23-7+,24-8+/t25?,26?,27-,28-,29-,30-,35+,36+/m0/s1. The van der Waals surface area contributed by atoms with E-state index in [4.69, 9.17) is 18.9 Å². The van der Waals surface area contributed by atoms with Crippen molar-refractivity contribution < 1.29 is 38.1 Å². The van der Waals surface area contributed by atoms with Crippen LogP contribution in [0.1, 0.15) is 65.2 Å². The van der Waals surface area contributed by atoms with E-state index >= 15 is 0 Å². The van der Waals surface area contributed by atoms with Crippen molar-refractivity contribution in [2.45, 2.75) is 101 Å². The molecule has 12 nitrogen and oxygen atoms in total. The second-order valence-corrected chi connectivity index (χ2v) is 14.9. The second kappa shape index (κ2) is 12.7. The summed E-state index contributed by atoms with van der Waals surface area (Å²) >= 11 is 0. The normalized spacial score (nSPS) is 40.0. The monoisotopic (exact) mass is 664 g/mol. The first-order chi connectivity index (χ1) is 23.0. The maximum Gasteiger partial charge on any atom is 0.334 e. The van der Waals surface area contributed by atoms with Crippen LogP contribution in [-0.4, -0.2) is 109 Å². The fraction of sp³-hybridized carbons (Fsp3) is 0.667. The number of ether oxygens (including phenoxy) is 4. The highest BCUT2D eigenvalue weighted by Crippen LogP contribution is 2.51. The first kappa shape index (κ1) is 32.9. The second-order valence-electron chi connectivity index (χ2n) is 14.9. The molecule has 0 saturated carbocycles. The number of carbonyl (C=O) groups is 4. The first-order valence-electron chi connectivity index (χ1n) is 17.5. The van der Waals surface area contributed by atoms with Gasteiger partial charge in [0.15, 0.2) is 0 Å². The zero-order chi connectivity index (χ0) is 33.8. The molecule has 0 spiro atoms. The van der Waals surface area contributed by atoms with E-state index in [1.165, 1.54) is 0 Å². The van der Waals surface area contributed by atoms with Gasteiger partial charge in [0.25, 0.3) is 0 Å². The Morgan fingerprint density at radius 3 is 1.54 bits per heavy atom. The fourth-order valence-electron chi connectivity index (χ4n) is 8.28. The van der Waals surface area contributed by atoms with Gasteiger partial charge in [-0.15, -0.1) is 0 Å². The summed E-state index contributed by atoms with van der Waals surface area (Å²) in [5.41, 5.74) is 2.67. The molecule has 0 radical (unpaired) electrons. The van der Waals surface area contributed by atoms with E-state index < -0.39 is 0 Å². The molecule has 4 amide bonds.